The van der Waals surface area contributed by atoms with Crippen LogP contribution in [0.3, 0.4) is 0 Å². The number of rotatable bonds is 7. The van der Waals surface area contributed by atoms with E-state index in [1.54, 1.807) is 0 Å². The van der Waals surface area contributed by atoms with E-state index < -0.39 is 0 Å². The summed E-state index contributed by atoms with van der Waals surface area (Å²) in [6.45, 7) is 2.86. The van der Waals surface area contributed by atoms with Gasteiger partial charge in [0.05, 0.1) is 11.1 Å². The smallest absolute Gasteiger partial charge is 0.220 e. The normalized spacial score (nSPS) is 11.9. The minimum atomic E-state index is 0.0173. The molecule has 3 N–H and O–H groups in total. The van der Waals surface area contributed by atoms with E-state index >= 15 is 0 Å². The summed E-state index contributed by atoms with van der Waals surface area (Å²) in [6, 6.07) is 7.68. The Hall–Kier alpha value is -1.07. The minimum absolute atomic E-state index is 0.0173. The number of nitrogens with two attached hydrogens (primary N) is 1. The van der Waals surface area contributed by atoms with Gasteiger partial charge < -0.3 is 15.8 Å². The third kappa shape index (κ3) is 5.51. The average Bonchev–Trinajstić information content (AvgIpc) is 2.36. The summed E-state index contributed by atoms with van der Waals surface area (Å²) in [4.78, 5) is 11.5. The first-order valence-corrected chi connectivity index (χ1v) is 6.79. The molecule has 0 radical (unpaired) electrons. The standard InChI is InChI=1S/C13H19BrN2O2/c1-10(9-15)16-13(17)7-4-8-18-12-6-3-2-5-11(12)14/h2-3,5-6,10H,4,7-9,15H2,1H3,(H,16,17)/t10-/m0/s1. The molecule has 0 unspecified atom stereocenters. The first kappa shape index (κ1) is 15.0. The van der Waals surface area contributed by atoms with E-state index in [1.807, 2.05) is 31.2 Å². The fourth-order valence-electron chi connectivity index (χ4n) is 1.38. The second-order valence-corrected chi connectivity index (χ2v) is 4.94. The van der Waals surface area contributed by atoms with Crippen molar-refractivity contribution < 1.29 is 9.53 Å². The van der Waals surface area contributed by atoms with E-state index in [0.29, 0.717) is 26.0 Å². The first-order valence-electron chi connectivity index (χ1n) is 6.00. The molecule has 100 valence electrons. The number of para-hydroxylation sites is 1. The van der Waals surface area contributed by atoms with Crippen LogP contribution < -0.4 is 15.8 Å². The zero-order valence-corrected chi connectivity index (χ0v) is 12.1. The second-order valence-electron chi connectivity index (χ2n) is 4.09. The molecule has 1 atom stereocenters. The molecule has 4 nitrogen and oxygen atoms in total. The number of halogens is 1. The lowest BCUT2D eigenvalue weighted by molar-refractivity contribution is -0.121. The minimum Gasteiger partial charge on any atom is -0.492 e. The highest BCUT2D eigenvalue weighted by atomic mass is 79.9. The van der Waals surface area contributed by atoms with Crippen LogP contribution in [0.2, 0.25) is 0 Å². The SMILES string of the molecule is C[C@@H](CN)NC(=O)CCCOc1ccccc1Br. The number of carbonyl (C=O) groups excluding carboxylic acids is 1. The quantitative estimate of drug-likeness (QED) is 0.757. The van der Waals surface area contributed by atoms with Gasteiger partial charge in [0.25, 0.3) is 0 Å². The van der Waals surface area contributed by atoms with Gasteiger partial charge in [0, 0.05) is 19.0 Å². The number of carbonyl (C=O) groups is 1. The number of hydrogen-bond donors (Lipinski definition) is 2. The largest absolute Gasteiger partial charge is 0.492 e. The molecule has 0 aliphatic carbocycles. The molecule has 5 heteroatoms. The molecular weight excluding hydrogens is 296 g/mol. The van der Waals surface area contributed by atoms with Gasteiger partial charge in [-0.15, -0.1) is 0 Å². The molecule has 0 saturated carbocycles. The summed E-state index contributed by atoms with van der Waals surface area (Å²) in [5, 5.41) is 2.81. The Morgan fingerprint density at radius 2 is 2.22 bits per heavy atom. The van der Waals surface area contributed by atoms with Gasteiger partial charge in [-0.05, 0) is 41.4 Å². The number of hydrogen-bond acceptors (Lipinski definition) is 3. The zero-order chi connectivity index (χ0) is 13.4. The monoisotopic (exact) mass is 314 g/mol. The maximum absolute atomic E-state index is 11.5. The molecule has 0 bridgehead atoms. The van der Waals surface area contributed by atoms with Gasteiger partial charge in [-0.1, -0.05) is 12.1 Å². The van der Waals surface area contributed by atoms with Gasteiger partial charge in [0.1, 0.15) is 5.75 Å². The number of nitrogens with one attached hydrogen (secondary N) is 1. The lowest BCUT2D eigenvalue weighted by Gasteiger charge is -2.11. The molecular formula is C13H19BrN2O2. The molecule has 0 aliphatic rings. The van der Waals surface area contributed by atoms with Crippen LogP contribution in [0.15, 0.2) is 28.7 Å². The zero-order valence-electron chi connectivity index (χ0n) is 10.5. The second kappa shape index (κ2) is 8.11. The van der Waals surface area contributed by atoms with Crippen molar-refractivity contribution in [3.05, 3.63) is 28.7 Å². The summed E-state index contributed by atoms with van der Waals surface area (Å²) < 4.78 is 6.49. The average molecular weight is 315 g/mol. The predicted octanol–water partition coefficient (Wildman–Crippen LogP) is 2.07. The van der Waals surface area contributed by atoms with Crippen LogP contribution >= 0.6 is 15.9 Å². The topological polar surface area (TPSA) is 64.3 Å². The fourth-order valence-corrected chi connectivity index (χ4v) is 1.78. The van der Waals surface area contributed by atoms with Crippen molar-refractivity contribution in [2.24, 2.45) is 5.73 Å². The Kier molecular flexibility index (Phi) is 6.75. The molecule has 0 aromatic heterocycles. The Balaban J connectivity index is 2.19. The molecule has 0 aliphatic heterocycles. The third-order valence-electron chi connectivity index (χ3n) is 2.40. The lowest BCUT2D eigenvalue weighted by Crippen LogP contribution is -2.37. The molecule has 1 amide bonds. The fraction of sp³-hybridized carbons (Fsp3) is 0.462. The number of ether oxygens (including phenoxy) is 1. The van der Waals surface area contributed by atoms with Crippen LogP contribution in [0.1, 0.15) is 19.8 Å². The first-order chi connectivity index (χ1) is 8.63. The van der Waals surface area contributed by atoms with Gasteiger partial charge in [-0.3, -0.25) is 4.79 Å². The van der Waals surface area contributed by atoms with Crippen molar-refractivity contribution in [2.75, 3.05) is 13.2 Å². The number of benzene rings is 1. The Bertz CT molecular complexity index is 385. The highest BCUT2D eigenvalue weighted by Gasteiger charge is 2.05. The maximum Gasteiger partial charge on any atom is 0.220 e. The van der Waals surface area contributed by atoms with Gasteiger partial charge >= 0.3 is 0 Å². The number of amides is 1. The van der Waals surface area contributed by atoms with Gasteiger partial charge in [-0.2, -0.15) is 0 Å². The highest BCUT2D eigenvalue weighted by Crippen LogP contribution is 2.23. The Morgan fingerprint density at radius 3 is 2.89 bits per heavy atom. The van der Waals surface area contributed by atoms with Crippen LogP contribution in [-0.2, 0) is 4.79 Å². The lowest BCUT2D eigenvalue weighted by atomic mass is 10.2. The van der Waals surface area contributed by atoms with E-state index in [4.69, 9.17) is 10.5 Å². The van der Waals surface area contributed by atoms with Crippen LogP contribution in [0.5, 0.6) is 5.75 Å². The molecule has 0 fully saturated rings. The summed E-state index contributed by atoms with van der Waals surface area (Å²) in [5.41, 5.74) is 5.42. The maximum atomic E-state index is 11.5. The van der Waals surface area contributed by atoms with Crippen molar-refractivity contribution in [2.45, 2.75) is 25.8 Å². The summed E-state index contributed by atoms with van der Waals surface area (Å²) in [7, 11) is 0. The third-order valence-corrected chi connectivity index (χ3v) is 3.06. The van der Waals surface area contributed by atoms with E-state index in [-0.39, 0.29) is 11.9 Å². The Morgan fingerprint density at radius 1 is 1.50 bits per heavy atom. The molecule has 0 heterocycles. The molecule has 1 aromatic rings. The molecule has 18 heavy (non-hydrogen) atoms. The van der Waals surface area contributed by atoms with Crippen molar-refractivity contribution in [3.8, 4) is 5.75 Å². The predicted molar refractivity (Wildman–Crippen MR) is 75.5 cm³/mol. The van der Waals surface area contributed by atoms with E-state index in [1.165, 1.54) is 0 Å². The van der Waals surface area contributed by atoms with Crippen molar-refractivity contribution in [1.29, 1.82) is 0 Å². The van der Waals surface area contributed by atoms with Crippen LogP contribution in [0.25, 0.3) is 0 Å². The summed E-state index contributed by atoms with van der Waals surface area (Å²) in [5.74, 6) is 0.817. The molecule has 1 rings (SSSR count). The van der Waals surface area contributed by atoms with Crippen molar-refractivity contribution in [1.82, 2.24) is 5.32 Å². The van der Waals surface area contributed by atoms with E-state index in [2.05, 4.69) is 21.2 Å². The Labute approximate surface area is 116 Å². The molecule has 0 spiro atoms. The molecule has 0 saturated heterocycles. The highest BCUT2D eigenvalue weighted by molar-refractivity contribution is 9.10. The summed E-state index contributed by atoms with van der Waals surface area (Å²) in [6.07, 6.45) is 1.14. The van der Waals surface area contributed by atoms with Crippen LogP contribution in [0.4, 0.5) is 0 Å². The summed E-state index contributed by atoms with van der Waals surface area (Å²) >= 11 is 3.40. The molecule has 1 aromatic carbocycles. The van der Waals surface area contributed by atoms with Crippen molar-refractivity contribution >= 4 is 21.8 Å². The van der Waals surface area contributed by atoms with Crippen molar-refractivity contribution in [3.63, 3.8) is 0 Å². The van der Waals surface area contributed by atoms with E-state index in [9.17, 15) is 4.79 Å². The van der Waals surface area contributed by atoms with Crippen LogP contribution in [-0.4, -0.2) is 25.1 Å². The van der Waals surface area contributed by atoms with Gasteiger partial charge in [0.15, 0.2) is 0 Å². The van der Waals surface area contributed by atoms with Crippen LogP contribution in [0, 0.1) is 0 Å². The van der Waals surface area contributed by atoms with E-state index in [0.717, 1.165) is 10.2 Å². The van der Waals surface area contributed by atoms with Gasteiger partial charge in [0.2, 0.25) is 5.91 Å². The van der Waals surface area contributed by atoms with Gasteiger partial charge in [-0.25, -0.2) is 0 Å².